The molecule has 0 spiro atoms. The zero-order chi connectivity index (χ0) is 9.68. The summed E-state index contributed by atoms with van der Waals surface area (Å²) in [6.45, 7) is 5.05. The van der Waals surface area contributed by atoms with Crippen LogP contribution >= 0.6 is 9.07 Å². The summed E-state index contributed by atoms with van der Waals surface area (Å²) in [6.07, 6.45) is 0. The first kappa shape index (κ1) is 11.2. The normalized spacial score (nSPS) is 9.85. The minimum absolute atomic E-state index is 0.560. The topological polar surface area (TPSA) is 9.23 Å². The summed E-state index contributed by atoms with van der Waals surface area (Å²) in [5.41, 5.74) is 0. The lowest BCUT2D eigenvalue weighted by molar-refractivity contribution is 0.273. The average molecular weight is 209 g/mol. The molecule has 0 aromatic heterocycles. The summed E-state index contributed by atoms with van der Waals surface area (Å²) < 4.78 is 6.84. The van der Waals surface area contributed by atoms with Crippen molar-refractivity contribution in [2.24, 2.45) is 5.92 Å². The lowest BCUT2D eigenvalue weighted by Gasteiger charge is -2.11. The van der Waals surface area contributed by atoms with Gasteiger partial charge in [0, 0.05) is 0 Å². The standard InChI is InChI=1S/C10H13O.ClH.Mg/c1-9(2)8-11-10-6-4-3-5-7-10;;/h3-6,9H,8H2,1-2H3;1H;/q;;+1/p-1. The SMILES string of the molecule is CC(C)COc1cccc[c]1[Mg][Cl]. The number of hydrogen-bond donors (Lipinski definition) is 0. The molecule has 0 aliphatic rings. The minimum Gasteiger partial charge on any atom is -0.496 e. The van der Waals surface area contributed by atoms with Crippen LogP contribution in [-0.2, 0) is 0 Å². The number of benzene rings is 1. The highest BCUT2D eigenvalue weighted by atomic mass is 35.5. The highest BCUT2D eigenvalue weighted by Crippen LogP contribution is 2.07. The largest absolute Gasteiger partial charge is 0.543 e. The Hall–Kier alpha value is 0.0762. The lowest BCUT2D eigenvalue weighted by atomic mass is 10.2. The van der Waals surface area contributed by atoms with Gasteiger partial charge < -0.3 is 13.8 Å². The van der Waals surface area contributed by atoms with E-state index in [0.29, 0.717) is 5.92 Å². The predicted octanol–water partition coefficient (Wildman–Crippen LogP) is 2.20. The van der Waals surface area contributed by atoms with Gasteiger partial charge in [0.25, 0.3) is 0 Å². The van der Waals surface area contributed by atoms with Crippen LogP contribution in [0.4, 0.5) is 0 Å². The maximum atomic E-state index is 5.91. The Morgan fingerprint density at radius 1 is 1.38 bits per heavy atom. The molecule has 0 fully saturated rings. The van der Waals surface area contributed by atoms with E-state index in [1.807, 2.05) is 18.2 Å². The van der Waals surface area contributed by atoms with Crippen molar-refractivity contribution < 1.29 is 4.74 Å². The van der Waals surface area contributed by atoms with Gasteiger partial charge in [-0.05, 0) is 12.0 Å². The van der Waals surface area contributed by atoms with Gasteiger partial charge in [-0.1, -0.05) is 32.0 Å². The van der Waals surface area contributed by atoms with Crippen LogP contribution < -0.4 is 8.43 Å². The zero-order valence-electron chi connectivity index (χ0n) is 8.09. The smallest absolute Gasteiger partial charge is 0.496 e. The Labute approximate surface area is 92.9 Å². The molecule has 0 unspecified atom stereocenters. The van der Waals surface area contributed by atoms with Crippen LogP contribution in [0.15, 0.2) is 24.3 Å². The van der Waals surface area contributed by atoms with E-state index in [1.54, 1.807) is 0 Å². The molecule has 0 aliphatic heterocycles. The minimum atomic E-state index is -0.635. The van der Waals surface area contributed by atoms with Crippen molar-refractivity contribution in [3.8, 4) is 5.75 Å². The van der Waals surface area contributed by atoms with Gasteiger partial charge in [-0.25, -0.2) is 0 Å². The summed E-state index contributed by atoms with van der Waals surface area (Å²) in [7, 11) is 5.91. The fourth-order valence-corrected chi connectivity index (χ4v) is 2.25. The van der Waals surface area contributed by atoms with Crippen molar-refractivity contribution in [1.29, 1.82) is 0 Å². The molecule has 1 aromatic carbocycles. The molecule has 0 bridgehead atoms. The Bertz CT molecular complexity index is 263. The third-order valence-electron chi connectivity index (χ3n) is 1.69. The zero-order valence-corrected chi connectivity index (χ0v) is 10.3. The van der Waals surface area contributed by atoms with Crippen molar-refractivity contribution in [2.75, 3.05) is 6.61 Å². The number of rotatable bonds is 4. The maximum absolute atomic E-state index is 5.91. The molecule has 0 amide bonds. The van der Waals surface area contributed by atoms with E-state index in [-0.39, 0.29) is 0 Å². The number of hydrogen-bond acceptors (Lipinski definition) is 1. The van der Waals surface area contributed by atoms with Crippen LogP contribution in [0, 0.1) is 5.92 Å². The Morgan fingerprint density at radius 2 is 2.08 bits per heavy atom. The first-order valence-electron chi connectivity index (χ1n) is 4.50. The van der Waals surface area contributed by atoms with Crippen LogP contribution in [0.1, 0.15) is 13.8 Å². The molecule has 1 nitrogen and oxygen atoms in total. The van der Waals surface area contributed by atoms with E-state index in [1.165, 1.54) is 3.69 Å². The molecule has 0 atom stereocenters. The molecule has 0 N–H and O–H groups in total. The van der Waals surface area contributed by atoms with Gasteiger partial charge in [0.05, 0.1) is 12.4 Å². The van der Waals surface area contributed by atoms with Gasteiger partial charge in [0.15, 0.2) is 0 Å². The monoisotopic (exact) mass is 208 g/mol. The Balaban J connectivity index is 2.64. The van der Waals surface area contributed by atoms with Crippen molar-refractivity contribution in [1.82, 2.24) is 0 Å². The summed E-state index contributed by atoms with van der Waals surface area (Å²) >= 11 is -0.635. The van der Waals surface area contributed by atoms with Crippen molar-refractivity contribution in [2.45, 2.75) is 13.8 Å². The van der Waals surface area contributed by atoms with E-state index in [0.717, 1.165) is 12.4 Å². The van der Waals surface area contributed by atoms with Crippen molar-refractivity contribution in [3.63, 3.8) is 0 Å². The maximum Gasteiger partial charge on any atom is 0.543 e. The lowest BCUT2D eigenvalue weighted by Crippen LogP contribution is -2.15. The number of ether oxygens (including phenoxy) is 1. The fourth-order valence-electron chi connectivity index (χ4n) is 1.01. The van der Waals surface area contributed by atoms with Gasteiger partial charge in [-0.15, -0.1) is 3.69 Å². The summed E-state index contributed by atoms with van der Waals surface area (Å²) in [4.78, 5) is 0. The predicted molar refractivity (Wildman–Crippen MR) is 58.0 cm³/mol. The molecule has 0 aliphatic carbocycles. The van der Waals surface area contributed by atoms with Gasteiger partial charge in [-0.2, -0.15) is 0 Å². The summed E-state index contributed by atoms with van der Waals surface area (Å²) in [5.74, 6) is 1.53. The summed E-state index contributed by atoms with van der Waals surface area (Å²) in [6, 6.07) is 8.04. The van der Waals surface area contributed by atoms with E-state index >= 15 is 0 Å². The summed E-state index contributed by atoms with van der Waals surface area (Å²) in [5, 5.41) is 0. The van der Waals surface area contributed by atoms with E-state index < -0.39 is 19.3 Å². The quantitative estimate of drug-likeness (QED) is 0.690. The van der Waals surface area contributed by atoms with E-state index in [4.69, 9.17) is 13.8 Å². The molecule has 0 saturated carbocycles. The van der Waals surface area contributed by atoms with Gasteiger partial charge >= 0.3 is 19.3 Å². The fraction of sp³-hybridized carbons (Fsp3) is 0.400. The second kappa shape index (κ2) is 5.73. The third-order valence-corrected chi connectivity index (χ3v) is 3.42. The van der Waals surface area contributed by atoms with E-state index in [2.05, 4.69) is 19.9 Å². The number of halogens is 1. The van der Waals surface area contributed by atoms with Crippen molar-refractivity contribution >= 4 is 32.0 Å². The van der Waals surface area contributed by atoms with Crippen LogP contribution in [0.2, 0.25) is 0 Å². The Kier molecular flexibility index (Phi) is 4.92. The van der Waals surface area contributed by atoms with Gasteiger partial charge in [-0.3, -0.25) is 0 Å². The second-order valence-corrected chi connectivity index (χ2v) is 5.28. The highest BCUT2D eigenvalue weighted by molar-refractivity contribution is 7.01. The van der Waals surface area contributed by atoms with Crippen molar-refractivity contribution in [3.05, 3.63) is 24.3 Å². The van der Waals surface area contributed by atoms with Crippen LogP contribution in [-0.4, -0.2) is 25.9 Å². The molecule has 0 heterocycles. The van der Waals surface area contributed by atoms with Gasteiger partial charge in [0.2, 0.25) is 0 Å². The van der Waals surface area contributed by atoms with Crippen LogP contribution in [0.5, 0.6) is 5.75 Å². The molecule has 1 aromatic rings. The molecule has 13 heavy (non-hydrogen) atoms. The molecular formula is C10H13ClMgO. The van der Waals surface area contributed by atoms with Crippen LogP contribution in [0.25, 0.3) is 0 Å². The third kappa shape index (κ3) is 3.75. The first-order valence-corrected chi connectivity index (χ1v) is 7.35. The molecular weight excluding hydrogens is 196 g/mol. The molecule has 0 radical (unpaired) electrons. The average Bonchev–Trinajstić information content (AvgIpc) is 2.15. The molecule has 3 heteroatoms. The molecule has 68 valence electrons. The van der Waals surface area contributed by atoms with Gasteiger partial charge in [0.1, 0.15) is 0 Å². The Morgan fingerprint density at radius 3 is 2.69 bits per heavy atom. The number of para-hydroxylation sites is 1. The first-order chi connectivity index (χ1) is 6.24. The highest BCUT2D eigenvalue weighted by Gasteiger charge is 2.04. The molecule has 0 saturated heterocycles. The van der Waals surface area contributed by atoms with E-state index in [9.17, 15) is 0 Å². The molecule has 1 rings (SSSR count). The van der Waals surface area contributed by atoms with Crippen LogP contribution in [0.3, 0.4) is 0 Å². The second-order valence-electron chi connectivity index (χ2n) is 3.45.